The average Bonchev–Trinajstić information content (AvgIpc) is 2.50. The van der Waals surface area contributed by atoms with Crippen LogP contribution >= 0.6 is 12.4 Å². The molecule has 5 heteroatoms. The third-order valence-corrected chi connectivity index (χ3v) is 3.12. The number of aryl methyl sites for hydroxylation is 2. The Morgan fingerprint density at radius 1 is 1.44 bits per heavy atom. The number of piperazine rings is 1. The Balaban J connectivity index is 0.00000128. The molecule has 1 unspecified atom stereocenters. The number of hydrogen-bond acceptors (Lipinski definition) is 3. The zero-order chi connectivity index (χ0) is 10.8. The van der Waals surface area contributed by atoms with E-state index in [-0.39, 0.29) is 12.4 Å². The van der Waals surface area contributed by atoms with Crippen molar-refractivity contribution < 1.29 is 0 Å². The van der Waals surface area contributed by atoms with Gasteiger partial charge in [0.05, 0.1) is 5.69 Å². The third kappa shape index (κ3) is 2.97. The lowest BCUT2D eigenvalue weighted by atomic mass is 10.1. The highest BCUT2D eigenvalue weighted by Gasteiger charge is 2.17. The average molecular weight is 245 g/mol. The smallest absolute Gasteiger partial charge is 0.0639 e. The number of aromatic nitrogens is 2. The van der Waals surface area contributed by atoms with E-state index in [1.165, 1.54) is 11.3 Å². The fourth-order valence-electron chi connectivity index (χ4n) is 2.19. The summed E-state index contributed by atoms with van der Waals surface area (Å²) in [6.07, 6.45) is 0. The van der Waals surface area contributed by atoms with Gasteiger partial charge in [0.1, 0.15) is 0 Å². The molecule has 2 rings (SSSR count). The Bertz CT molecular complexity index is 317. The number of aromatic amines is 1. The summed E-state index contributed by atoms with van der Waals surface area (Å²) in [5, 5.41) is 10.7. The van der Waals surface area contributed by atoms with Gasteiger partial charge in [0.2, 0.25) is 0 Å². The van der Waals surface area contributed by atoms with Gasteiger partial charge in [-0.2, -0.15) is 5.10 Å². The molecule has 92 valence electrons. The first-order chi connectivity index (χ1) is 7.16. The third-order valence-electron chi connectivity index (χ3n) is 3.12. The molecular formula is C11H21ClN4. The summed E-state index contributed by atoms with van der Waals surface area (Å²) in [5.74, 6) is 0. The number of nitrogens with zero attached hydrogens (tertiary/aromatic N) is 2. The molecule has 0 aliphatic carbocycles. The SMILES string of the molecule is Cc1n[nH]c(C)c1CN1CCNC(C)C1.Cl. The van der Waals surface area contributed by atoms with Crippen molar-refractivity contribution in [2.75, 3.05) is 19.6 Å². The molecule has 1 aromatic rings. The molecular weight excluding hydrogens is 224 g/mol. The monoisotopic (exact) mass is 244 g/mol. The number of rotatable bonds is 2. The maximum atomic E-state index is 4.23. The minimum Gasteiger partial charge on any atom is -0.312 e. The molecule has 2 heterocycles. The van der Waals surface area contributed by atoms with Gasteiger partial charge in [0, 0.05) is 43.5 Å². The van der Waals surface area contributed by atoms with Crippen molar-refractivity contribution in [1.82, 2.24) is 20.4 Å². The molecule has 1 fully saturated rings. The van der Waals surface area contributed by atoms with Gasteiger partial charge in [-0.1, -0.05) is 0 Å². The first-order valence-corrected chi connectivity index (χ1v) is 5.63. The Morgan fingerprint density at radius 2 is 2.19 bits per heavy atom. The number of halogens is 1. The largest absolute Gasteiger partial charge is 0.312 e. The summed E-state index contributed by atoms with van der Waals surface area (Å²) in [4.78, 5) is 2.49. The molecule has 16 heavy (non-hydrogen) atoms. The minimum absolute atomic E-state index is 0. The molecule has 0 bridgehead atoms. The van der Waals surface area contributed by atoms with Crippen molar-refractivity contribution in [3.8, 4) is 0 Å². The fraction of sp³-hybridized carbons (Fsp3) is 0.727. The van der Waals surface area contributed by atoms with Gasteiger partial charge in [-0.3, -0.25) is 10.00 Å². The Hall–Kier alpha value is -0.580. The van der Waals surface area contributed by atoms with Crippen molar-refractivity contribution in [3.63, 3.8) is 0 Å². The second-order valence-corrected chi connectivity index (χ2v) is 4.50. The van der Waals surface area contributed by atoms with E-state index in [0.29, 0.717) is 6.04 Å². The predicted octanol–water partition coefficient (Wildman–Crippen LogP) is 1.24. The van der Waals surface area contributed by atoms with E-state index in [1.54, 1.807) is 0 Å². The molecule has 2 N–H and O–H groups in total. The van der Waals surface area contributed by atoms with Gasteiger partial charge >= 0.3 is 0 Å². The van der Waals surface area contributed by atoms with Crippen molar-refractivity contribution in [2.24, 2.45) is 0 Å². The van der Waals surface area contributed by atoms with Crippen molar-refractivity contribution in [1.29, 1.82) is 0 Å². The van der Waals surface area contributed by atoms with Crippen LogP contribution in [0.3, 0.4) is 0 Å². The standard InChI is InChI=1S/C11H20N4.ClH/c1-8-6-15(5-4-12-8)7-11-9(2)13-14-10(11)3;/h8,12H,4-7H2,1-3H3,(H,13,14);1H. The van der Waals surface area contributed by atoms with Crippen LogP contribution in [0.5, 0.6) is 0 Å². The van der Waals surface area contributed by atoms with Crippen LogP contribution in [0.25, 0.3) is 0 Å². The normalized spacial score (nSPS) is 21.8. The zero-order valence-corrected chi connectivity index (χ0v) is 11.0. The molecule has 1 aliphatic heterocycles. The minimum atomic E-state index is 0. The van der Waals surface area contributed by atoms with Crippen LogP contribution in [-0.4, -0.2) is 40.8 Å². The number of H-pyrrole nitrogens is 1. The predicted molar refractivity (Wildman–Crippen MR) is 68.1 cm³/mol. The van der Waals surface area contributed by atoms with Crippen LogP contribution in [0.4, 0.5) is 0 Å². The summed E-state index contributed by atoms with van der Waals surface area (Å²) in [7, 11) is 0. The van der Waals surface area contributed by atoms with E-state index in [9.17, 15) is 0 Å². The van der Waals surface area contributed by atoms with Crippen LogP contribution in [0.2, 0.25) is 0 Å². The van der Waals surface area contributed by atoms with Gasteiger partial charge in [-0.05, 0) is 20.8 Å². The Morgan fingerprint density at radius 3 is 2.75 bits per heavy atom. The van der Waals surface area contributed by atoms with Gasteiger partial charge < -0.3 is 5.32 Å². The molecule has 0 saturated carbocycles. The van der Waals surface area contributed by atoms with Crippen LogP contribution in [-0.2, 0) is 6.54 Å². The highest BCUT2D eigenvalue weighted by Crippen LogP contribution is 2.13. The maximum absolute atomic E-state index is 4.23. The van der Waals surface area contributed by atoms with Crippen molar-refractivity contribution in [3.05, 3.63) is 17.0 Å². The lowest BCUT2D eigenvalue weighted by Crippen LogP contribution is -2.48. The molecule has 0 radical (unpaired) electrons. The summed E-state index contributed by atoms with van der Waals surface area (Å²) in [6.45, 7) is 10.8. The topological polar surface area (TPSA) is 44.0 Å². The summed E-state index contributed by atoms with van der Waals surface area (Å²) in [6, 6.07) is 0.603. The number of hydrogen-bond donors (Lipinski definition) is 2. The lowest BCUT2D eigenvalue weighted by molar-refractivity contribution is 0.199. The second-order valence-electron chi connectivity index (χ2n) is 4.50. The van der Waals surface area contributed by atoms with E-state index in [1.807, 2.05) is 0 Å². The molecule has 0 spiro atoms. The molecule has 1 aromatic heterocycles. The maximum Gasteiger partial charge on any atom is 0.0639 e. The van der Waals surface area contributed by atoms with Crippen LogP contribution in [0.1, 0.15) is 23.9 Å². The highest BCUT2D eigenvalue weighted by atomic mass is 35.5. The van der Waals surface area contributed by atoms with Gasteiger partial charge in [-0.25, -0.2) is 0 Å². The van der Waals surface area contributed by atoms with Crippen LogP contribution in [0.15, 0.2) is 0 Å². The number of nitrogens with one attached hydrogen (secondary N) is 2. The Kier molecular flexibility index (Phi) is 4.77. The second kappa shape index (κ2) is 5.66. The lowest BCUT2D eigenvalue weighted by Gasteiger charge is -2.31. The molecule has 0 aromatic carbocycles. The zero-order valence-electron chi connectivity index (χ0n) is 10.2. The van der Waals surface area contributed by atoms with Gasteiger partial charge in [0.15, 0.2) is 0 Å². The van der Waals surface area contributed by atoms with Crippen LogP contribution < -0.4 is 5.32 Å². The van der Waals surface area contributed by atoms with E-state index in [4.69, 9.17) is 0 Å². The van der Waals surface area contributed by atoms with E-state index >= 15 is 0 Å². The molecule has 1 aliphatic rings. The Labute approximate surface area is 103 Å². The molecule has 4 nitrogen and oxygen atoms in total. The fourth-order valence-corrected chi connectivity index (χ4v) is 2.19. The van der Waals surface area contributed by atoms with E-state index in [0.717, 1.165) is 31.9 Å². The summed E-state index contributed by atoms with van der Waals surface area (Å²) in [5.41, 5.74) is 3.71. The van der Waals surface area contributed by atoms with E-state index in [2.05, 4.69) is 41.2 Å². The summed E-state index contributed by atoms with van der Waals surface area (Å²) < 4.78 is 0. The van der Waals surface area contributed by atoms with Gasteiger partial charge in [0.25, 0.3) is 0 Å². The summed E-state index contributed by atoms with van der Waals surface area (Å²) >= 11 is 0. The first kappa shape index (κ1) is 13.5. The molecule has 1 atom stereocenters. The van der Waals surface area contributed by atoms with E-state index < -0.39 is 0 Å². The van der Waals surface area contributed by atoms with Crippen molar-refractivity contribution in [2.45, 2.75) is 33.4 Å². The quantitative estimate of drug-likeness (QED) is 0.823. The molecule has 1 saturated heterocycles. The molecule has 0 amide bonds. The highest BCUT2D eigenvalue weighted by molar-refractivity contribution is 5.85. The van der Waals surface area contributed by atoms with Crippen LogP contribution in [0, 0.1) is 13.8 Å². The van der Waals surface area contributed by atoms with Crippen molar-refractivity contribution >= 4 is 12.4 Å². The first-order valence-electron chi connectivity index (χ1n) is 5.63. The van der Waals surface area contributed by atoms with Gasteiger partial charge in [-0.15, -0.1) is 12.4 Å².